The number of halogens is 1. The van der Waals surface area contributed by atoms with Crippen LogP contribution in [0.2, 0.25) is 5.02 Å². The van der Waals surface area contributed by atoms with Gasteiger partial charge >= 0.3 is 0 Å². The Bertz CT molecular complexity index is 1720. The number of nitrogens with one attached hydrogen (secondary N) is 1. The first-order valence-corrected chi connectivity index (χ1v) is 16.5. The van der Waals surface area contributed by atoms with Gasteiger partial charge in [-0.05, 0) is 61.4 Å². The molecule has 46 heavy (non-hydrogen) atoms. The molecule has 4 aromatic rings. The topological polar surface area (TPSA) is 105 Å². The van der Waals surface area contributed by atoms with E-state index in [4.69, 9.17) is 21.1 Å². The number of sulfonamides is 1. The summed E-state index contributed by atoms with van der Waals surface area (Å²) in [6.45, 7) is 3.15. The Balaban J connectivity index is 1.80. The van der Waals surface area contributed by atoms with Crippen LogP contribution in [0, 0.1) is 0 Å². The van der Waals surface area contributed by atoms with E-state index in [-0.39, 0.29) is 41.2 Å². The first-order chi connectivity index (χ1) is 22.0. The molecular weight excluding hydrogens is 626 g/mol. The van der Waals surface area contributed by atoms with Crippen LogP contribution < -0.4 is 19.1 Å². The predicted molar refractivity (Wildman–Crippen MR) is 180 cm³/mol. The molecule has 0 spiro atoms. The first kappa shape index (κ1) is 34.3. The molecule has 0 aliphatic rings. The van der Waals surface area contributed by atoms with E-state index in [1.54, 1.807) is 54.6 Å². The lowest BCUT2D eigenvalue weighted by Gasteiger charge is -2.34. The van der Waals surface area contributed by atoms with E-state index in [2.05, 4.69) is 5.32 Å². The van der Waals surface area contributed by atoms with Crippen LogP contribution in [-0.4, -0.2) is 58.0 Å². The summed E-state index contributed by atoms with van der Waals surface area (Å²) in [5.74, 6) is -0.337. The van der Waals surface area contributed by atoms with Crippen LogP contribution in [0.3, 0.4) is 0 Å². The van der Waals surface area contributed by atoms with Crippen molar-refractivity contribution in [1.82, 2.24) is 10.2 Å². The summed E-state index contributed by atoms with van der Waals surface area (Å²) in [6.07, 6.45) is 0.215. The van der Waals surface area contributed by atoms with Gasteiger partial charge in [-0.3, -0.25) is 13.9 Å². The van der Waals surface area contributed by atoms with Gasteiger partial charge in [0.2, 0.25) is 11.8 Å². The SMILES string of the molecule is COc1ccc(S(=O)(=O)N(CC(=O)N(Cc2ccc(Cl)cc2)[C@H](Cc2ccccc2)C(=O)NC(C)C)c2ccccc2)cc1OC. The maximum absolute atomic E-state index is 14.5. The minimum Gasteiger partial charge on any atom is -0.493 e. The molecule has 0 radical (unpaired) electrons. The molecule has 4 aromatic carbocycles. The minimum atomic E-state index is -4.31. The first-order valence-electron chi connectivity index (χ1n) is 14.7. The van der Waals surface area contributed by atoms with Crippen LogP contribution in [0.1, 0.15) is 25.0 Å². The molecule has 0 saturated heterocycles. The van der Waals surface area contributed by atoms with Gasteiger partial charge < -0.3 is 19.7 Å². The minimum absolute atomic E-state index is 0.0397. The average molecular weight is 664 g/mol. The molecule has 0 heterocycles. The van der Waals surface area contributed by atoms with Crippen molar-refractivity contribution in [3.63, 3.8) is 0 Å². The van der Waals surface area contributed by atoms with Crippen molar-refractivity contribution in [1.29, 1.82) is 0 Å². The molecule has 11 heteroatoms. The van der Waals surface area contributed by atoms with Gasteiger partial charge in [-0.2, -0.15) is 0 Å². The quantitative estimate of drug-likeness (QED) is 0.185. The van der Waals surface area contributed by atoms with Crippen LogP contribution in [-0.2, 0) is 32.6 Å². The molecule has 0 aliphatic heterocycles. The fourth-order valence-electron chi connectivity index (χ4n) is 4.95. The molecule has 1 atom stereocenters. The van der Waals surface area contributed by atoms with Gasteiger partial charge in [-0.1, -0.05) is 72.3 Å². The summed E-state index contributed by atoms with van der Waals surface area (Å²) < 4.78 is 40.2. The number of hydrogen-bond acceptors (Lipinski definition) is 6. The van der Waals surface area contributed by atoms with Crippen LogP contribution >= 0.6 is 11.6 Å². The lowest BCUT2D eigenvalue weighted by atomic mass is 10.0. The Kier molecular flexibility index (Phi) is 11.7. The summed E-state index contributed by atoms with van der Waals surface area (Å²) in [5, 5.41) is 3.47. The maximum Gasteiger partial charge on any atom is 0.264 e. The summed E-state index contributed by atoms with van der Waals surface area (Å²) >= 11 is 6.14. The van der Waals surface area contributed by atoms with Gasteiger partial charge in [0, 0.05) is 30.1 Å². The standard InChI is InChI=1S/C35H38ClN3O6S/c1-25(2)37-35(41)31(21-26-11-7-5-8-12-26)38(23-27-15-17-28(36)18-16-27)34(40)24-39(29-13-9-6-10-14-29)46(42,43)30-19-20-32(44-3)33(22-30)45-4/h5-20,22,25,31H,21,23-24H2,1-4H3,(H,37,41)/t31-/m1/s1. The monoisotopic (exact) mass is 663 g/mol. The van der Waals surface area contributed by atoms with E-state index in [1.807, 2.05) is 44.2 Å². The summed E-state index contributed by atoms with van der Waals surface area (Å²) in [5.41, 5.74) is 1.85. The van der Waals surface area contributed by atoms with Crippen LogP contribution in [0.15, 0.2) is 108 Å². The fourth-order valence-corrected chi connectivity index (χ4v) is 6.50. The van der Waals surface area contributed by atoms with E-state index in [9.17, 15) is 18.0 Å². The Morgan fingerprint density at radius 1 is 0.804 bits per heavy atom. The highest BCUT2D eigenvalue weighted by Crippen LogP contribution is 2.32. The third-order valence-electron chi connectivity index (χ3n) is 7.23. The number of carbonyl (C=O) groups is 2. The highest BCUT2D eigenvalue weighted by Gasteiger charge is 2.35. The summed E-state index contributed by atoms with van der Waals surface area (Å²) in [6, 6.07) is 27.8. The average Bonchev–Trinajstić information content (AvgIpc) is 3.06. The molecule has 1 N–H and O–H groups in total. The third-order valence-corrected chi connectivity index (χ3v) is 9.26. The van der Waals surface area contributed by atoms with Crippen molar-refractivity contribution in [2.75, 3.05) is 25.1 Å². The summed E-state index contributed by atoms with van der Waals surface area (Å²) in [7, 11) is -1.44. The number of nitrogens with zero attached hydrogens (tertiary/aromatic N) is 2. The van der Waals surface area contributed by atoms with Crippen molar-refractivity contribution in [3.05, 3.63) is 119 Å². The van der Waals surface area contributed by atoms with Crippen molar-refractivity contribution >= 4 is 39.1 Å². The van der Waals surface area contributed by atoms with Crippen molar-refractivity contribution in [2.45, 2.75) is 43.8 Å². The smallest absolute Gasteiger partial charge is 0.264 e. The van der Waals surface area contributed by atoms with E-state index < -0.39 is 28.5 Å². The van der Waals surface area contributed by atoms with Gasteiger partial charge in [-0.15, -0.1) is 0 Å². The molecule has 0 bridgehead atoms. The zero-order valence-corrected chi connectivity index (χ0v) is 27.8. The molecule has 4 rings (SSSR count). The van der Waals surface area contributed by atoms with Gasteiger partial charge in [0.25, 0.3) is 10.0 Å². The van der Waals surface area contributed by atoms with Gasteiger partial charge in [0.05, 0.1) is 24.8 Å². The van der Waals surface area contributed by atoms with E-state index >= 15 is 0 Å². The molecule has 242 valence electrons. The molecule has 9 nitrogen and oxygen atoms in total. The molecule has 0 fully saturated rings. The second-order valence-corrected chi connectivity index (χ2v) is 13.2. The second-order valence-electron chi connectivity index (χ2n) is 10.9. The number of methoxy groups -OCH3 is 2. The zero-order valence-electron chi connectivity index (χ0n) is 26.2. The van der Waals surface area contributed by atoms with Gasteiger partial charge in [-0.25, -0.2) is 8.42 Å². The van der Waals surface area contributed by atoms with Crippen molar-refractivity contribution < 1.29 is 27.5 Å². The van der Waals surface area contributed by atoms with E-state index in [0.717, 1.165) is 15.4 Å². The number of amides is 2. The second kappa shape index (κ2) is 15.6. The zero-order chi connectivity index (χ0) is 33.3. The van der Waals surface area contributed by atoms with E-state index in [0.29, 0.717) is 10.8 Å². The van der Waals surface area contributed by atoms with E-state index in [1.165, 1.54) is 37.3 Å². The Hall–Kier alpha value is -4.54. The normalized spacial score (nSPS) is 11.9. The van der Waals surface area contributed by atoms with Crippen molar-refractivity contribution in [2.24, 2.45) is 0 Å². The molecular formula is C35H38ClN3O6S. The number of hydrogen-bond donors (Lipinski definition) is 1. The van der Waals surface area contributed by atoms with Crippen LogP contribution in [0.4, 0.5) is 5.69 Å². The summed E-state index contributed by atoms with van der Waals surface area (Å²) in [4.78, 5) is 29.6. The van der Waals surface area contributed by atoms with Crippen molar-refractivity contribution in [3.8, 4) is 11.5 Å². The third kappa shape index (κ3) is 8.58. The number of benzene rings is 4. The number of carbonyl (C=O) groups excluding carboxylic acids is 2. The largest absolute Gasteiger partial charge is 0.493 e. The molecule has 0 unspecified atom stereocenters. The molecule has 0 aliphatic carbocycles. The molecule has 2 amide bonds. The Morgan fingerprint density at radius 3 is 2.00 bits per heavy atom. The maximum atomic E-state index is 14.5. The number of rotatable bonds is 14. The van der Waals surface area contributed by atoms with Crippen LogP contribution in [0.5, 0.6) is 11.5 Å². The predicted octanol–water partition coefficient (Wildman–Crippen LogP) is 5.72. The fraction of sp³-hybridized carbons (Fsp3) is 0.257. The molecule has 0 saturated carbocycles. The van der Waals surface area contributed by atoms with Gasteiger partial charge in [0.15, 0.2) is 11.5 Å². The molecule has 0 aromatic heterocycles. The lowest BCUT2D eigenvalue weighted by molar-refractivity contribution is -0.140. The van der Waals surface area contributed by atoms with Crippen LogP contribution in [0.25, 0.3) is 0 Å². The number of anilines is 1. The lowest BCUT2D eigenvalue weighted by Crippen LogP contribution is -2.54. The highest BCUT2D eigenvalue weighted by atomic mass is 35.5. The van der Waals surface area contributed by atoms with Gasteiger partial charge in [0.1, 0.15) is 12.6 Å². The Morgan fingerprint density at radius 2 is 1.41 bits per heavy atom. The Labute approximate surface area is 275 Å². The number of para-hydroxylation sites is 1. The number of ether oxygens (including phenoxy) is 2. The highest BCUT2D eigenvalue weighted by molar-refractivity contribution is 7.92.